The topological polar surface area (TPSA) is 38.5 Å². The summed E-state index contributed by atoms with van der Waals surface area (Å²) in [6.45, 7) is 9.76. The average molecular weight is 240 g/mol. The Morgan fingerprint density at radius 2 is 1.82 bits per heavy atom. The standard InChI is InChI=1S/C14H28N2O/c1-12(2)13-3-7-16(8-4-13)14(11-15)5-9-17-10-6-14/h12-13H,3-11,15H2,1-2H3. The molecule has 2 N–H and O–H groups in total. The van der Waals surface area contributed by atoms with E-state index in [0.717, 1.165) is 44.4 Å². The maximum atomic E-state index is 6.07. The molecule has 0 radical (unpaired) electrons. The Balaban J connectivity index is 1.93. The lowest BCUT2D eigenvalue weighted by Crippen LogP contribution is -2.59. The van der Waals surface area contributed by atoms with Crippen LogP contribution in [0.5, 0.6) is 0 Å². The zero-order valence-corrected chi connectivity index (χ0v) is 11.5. The van der Waals surface area contributed by atoms with Gasteiger partial charge in [-0.3, -0.25) is 4.90 Å². The Morgan fingerprint density at radius 3 is 2.29 bits per heavy atom. The lowest BCUT2D eigenvalue weighted by Gasteiger charge is -2.49. The predicted molar refractivity (Wildman–Crippen MR) is 71.0 cm³/mol. The Bertz CT molecular complexity index is 228. The molecule has 0 unspecified atom stereocenters. The van der Waals surface area contributed by atoms with Gasteiger partial charge in [0.1, 0.15) is 0 Å². The van der Waals surface area contributed by atoms with Crippen LogP contribution in [0.2, 0.25) is 0 Å². The zero-order chi connectivity index (χ0) is 12.3. The van der Waals surface area contributed by atoms with Crippen molar-refractivity contribution in [2.75, 3.05) is 32.8 Å². The summed E-state index contributed by atoms with van der Waals surface area (Å²) >= 11 is 0. The lowest BCUT2D eigenvalue weighted by molar-refractivity contribution is -0.0398. The summed E-state index contributed by atoms with van der Waals surface area (Å²) in [5, 5.41) is 0. The van der Waals surface area contributed by atoms with Crippen molar-refractivity contribution in [1.29, 1.82) is 0 Å². The molecular weight excluding hydrogens is 212 g/mol. The Kier molecular flexibility index (Phi) is 4.45. The van der Waals surface area contributed by atoms with E-state index in [1.165, 1.54) is 25.9 Å². The molecule has 2 aliphatic rings. The Hall–Kier alpha value is -0.120. The lowest BCUT2D eigenvalue weighted by atomic mass is 9.81. The van der Waals surface area contributed by atoms with Crippen LogP contribution in [0.3, 0.4) is 0 Å². The molecule has 3 heteroatoms. The molecule has 0 aliphatic carbocycles. The molecule has 2 aliphatic heterocycles. The van der Waals surface area contributed by atoms with Gasteiger partial charge in [-0.15, -0.1) is 0 Å². The highest BCUT2D eigenvalue weighted by atomic mass is 16.5. The van der Waals surface area contributed by atoms with Gasteiger partial charge in [-0.25, -0.2) is 0 Å². The molecule has 0 aromatic heterocycles. The molecule has 0 aromatic carbocycles. The molecule has 0 spiro atoms. The van der Waals surface area contributed by atoms with E-state index in [9.17, 15) is 0 Å². The van der Waals surface area contributed by atoms with Crippen molar-refractivity contribution in [2.24, 2.45) is 17.6 Å². The maximum Gasteiger partial charge on any atom is 0.0484 e. The molecule has 100 valence electrons. The molecule has 0 saturated carbocycles. The summed E-state index contributed by atoms with van der Waals surface area (Å²) in [4.78, 5) is 2.66. The zero-order valence-electron chi connectivity index (χ0n) is 11.5. The maximum absolute atomic E-state index is 6.07. The quantitative estimate of drug-likeness (QED) is 0.818. The van der Waals surface area contributed by atoms with Crippen molar-refractivity contribution in [3.8, 4) is 0 Å². The molecule has 17 heavy (non-hydrogen) atoms. The molecule has 2 saturated heterocycles. The minimum Gasteiger partial charge on any atom is -0.381 e. The van der Waals surface area contributed by atoms with Crippen molar-refractivity contribution in [3.63, 3.8) is 0 Å². The van der Waals surface area contributed by atoms with Gasteiger partial charge in [0.15, 0.2) is 0 Å². The third kappa shape index (κ3) is 2.83. The second-order valence-electron chi connectivity index (χ2n) is 6.11. The summed E-state index contributed by atoms with van der Waals surface area (Å²) in [5.74, 6) is 1.75. The molecule has 0 atom stereocenters. The van der Waals surface area contributed by atoms with Crippen molar-refractivity contribution in [3.05, 3.63) is 0 Å². The van der Waals surface area contributed by atoms with Crippen molar-refractivity contribution < 1.29 is 4.74 Å². The first kappa shape index (κ1) is 13.3. The second-order valence-corrected chi connectivity index (χ2v) is 6.11. The number of piperidine rings is 1. The molecule has 0 bridgehead atoms. The third-order valence-electron chi connectivity index (χ3n) is 4.96. The van der Waals surface area contributed by atoms with Crippen LogP contribution in [-0.4, -0.2) is 43.3 Å². The van der Waals surface area contributed by atoms with Crippen LogP contribution >= 0.6 is 0 Å². The van der Waals surface area contributed by atoms with E-state index in [0.29, 0.717) is 0 Å². The van der Waals surface area contributed by atoms with Crippen LogP contribution in [0, 0.1) is 11.8 Å². The van der Waals surface area contributed by atoms with Gasteiger partial charge in [0, 0.05) is 25.3 Å². The highest BCUT2D eigenvalue weighted by Crippen LogP contribution is 2.33. The normalized spacial score (nSPS) is 27.5. The summed E-state index contributed by atoms with van der Waals surface area (Å²) in [6.07, 6.45) is 4.94. The number of hydrogen-bond donors (Lipinski definition) is 1. The van der Waals surface area contributed by atoms with Crippen LogP contribution in [0.15, 0.2) is 0 Å². The van der Waals surface area contributed by atoms with Crippen LogP contribution in [-0.2, 0) is 4.74 Å². The van der Waals surface area contributed by atoms with Gasteiger partial charge < -0.3 is 10.5 Å². The molecule has 0 aromatic rings. The number of nitrogens with zero attached hydrogens (tertiary/aromatic N) is 1. The number of nitrogens with two attached hydrogens (primary N) is 1. The van der Waals surface area contributed by atoms with Gasteiger partial charge in [0.05, 0.1) is 0 Å². The van der Waals surface area contributed by atoms with Crippen molar-refractivity contribution in [1.82, 2.24) is 4.90 Å². The first-order chi connectivity index (χ1) is 8.18. The highest BCUT2D eigenvalue weighted by molar-refractivity contribution is 4.95. The molecule has 3 nitrogen and oxygen atoms in total. The molecule has 2 rings (SSSR count). The van der Waals surface area contributed by atoms with Gasteiger partial charge >= 0.3 is 0 Å². The van der Waals surface area contributed by atoms with Gasteiger partial charge in [-0.2, -0.15) is 0 Å². The summed E-state index contributed by atoms with van der Waals surface area (Å²) in [6, 6.07) is 0. The first-order valence-corrected chi connectivity index (χ1v) is 7.21. The van der Waals surface area contributed by atoms with Crippen molar-refractivity contribution in [2.45, 2.75) is 45.1 Å². The molecule has 0 amide bonds. The van der Waals surface area contributed by atoms with Gasteiger partial charge in [0.25, 0.3) is 0 Å². The smallest absolute Gasteiger partial charge is 0.0484 e. The second kappa shape index (κ2) is 5.68. The van der Waals surface area contributed by atoms with E-state index >= 15 is 0 Å². The fourth-order valence-corrected chi connectivity index (χ4v) is 3.44. The largest absolute Gasteiger partial charge is 0.381 e. The number of likely N-dealkylation sites (tertiary alicyclic amines) is 1. The fraction of sp³-hybridized carbons (Fsp3) is 1.00. The summed E-state index contributed by atoms with van der Waals surface area (Å²) < 4.78 is 5.49. The van der Waals surface area contributed by atoms with Gasteiger partial charge in [-0.1, -0.05) is 13.8 Å². The van der Waals surface area contributed by atoms with E-state index in [-0.39, 0.29) is 5.54 Å². The Morgan fingerprint density at radius 1 is 1.24 bits per heavy atom. The van der Waals surface area contributed by atoms with E-state index in [4.69, 9.17) is 10.5 Å². The van der Waals surface area contributed by atoms with Crippen molar-refractivity contribution >= 4 is 0 Å². The number of hydrogen-bond acceptors (Lipinski definition) is 3. The summed E-state index contributed by atoms with van der Waals surface area (Å²) in [5.41, 5.74) is 6.32. The van der Waals surface area contributed by atoms with Crippen LogP contribution in [0.4, 0.5) is 0 Å². The highest BCUT2D eigenvalue weighted by Gasteiger charge is 2.39. The van der Waals surface area contributed by atoms with Crippen LogP contribution < -0.4 is 5.73 Å². The monoisotopic (exact) mass is 240 g/mol. The van der Waals surface area contributed by atoms with E-state index < -0.39 is 0 Å². The van der Waals surface area contributed by atoms with E-state index in [2.05, 4.69) is 18.7 Å². The summed E-state index contributed by atoms with van der Waals surface area (Å²) in [7, 11) is 0. The van der Waals surface area contributed by atoms with Gasteiger partial charge in [0.2, 0.25) is 0 Å². The number of ether oxygens (including phenoxy) is 1. The fourth-order valence-electron chi connectivity index (χ4n) is 3.44. The van der Waals surface area contributed by atoms with E-state index in [1.54, 1.807) is 0 Å². The minimum atomic E-state index is 0.250. The SMILES string of the molecule is CC(C)C1CCN(C2(CN)CCOCC2)CC1. The molecular formula is C14H28N2O. The van der Waals surface area contributed by atoms with Crippen LogP contribution in [0.25, 0.3) is 0 Å². The predicted octanol–water partition coefficient (Wildman–Crippen LogP) is 1.86. The van der Waals surface area contributed by atoms with E-state index in [1.807, 2.05) is 0 Å². The first-order valence-electron chi connectivity index (χ1n) is 7.21. The average Bonchev–Trinajstić information content (AvgIpc) is 2.39. The minimum absolute atomic E-state index is 0.250. The molecule has 2 heterocycles. The third-order valence-corrected chi connectivity index (χ3v) is 4.96. The number of rotatable bonds is 3. The van der Waals surface area contributed by atoms with Gasteiger partial charge in [-0.05, 0) is 50.6 Å². The van der Waals surface area contributed by atoms with Crippen LogP contribution in [0.1, 0.15) is 39.5 Å². The molecule has 2 fully saturated rings. The Labute approximate surface area is 106 Å².